The van der Waals surface area contributed by atoms with Gasteiger partial charge in [0, 0.05) is 30.8 Å². The van der Waals surface area contributed by atoms with E-state index in [1.54, 1.807) is 37.4 Å². The topological polar surface area (TPSA) is 118 Å². The lowest BCUT2D eigenvalue weighted by atomic mass is 9.84. The second-order valence-electron chi connectivity index (χ2n) is 8.26. The van der Waals surface area contributed by atoms with Crippen LogP contribution in [0.1, 0.15) is 24.3 Å². The minimum atomic E-state index is -0.580. The highest BCUT2D eigenvalue weighted by Crippen LogP contribution is 2.47. The second-order valence-corrected chi connectivity index (χ2v) is 8.26. The number of aliphatic hydroxyl groups is 1. The summed E-state index contributed by atoms with van der Waals surface area (Å²) in [6.45, 7) is 0.587. The van der Waals surface area contributed by atoms with E-state index in [-0.39, 0.29) is 30.5 Å². The molecule has 10 heteroatoms. The van der Waals surface area contributed by atoms with Gasteiger partial charge in [-0.3, -0.25) is 4.79 Å². The molecule has 0 spiro atoms. The van der Waals surface area contributed by atoms with Crippen LogP contribution < -0.4 is 20.7 Å². The molecule has 9 nitrogen and oxygen atoms in total. The van der Waals surface area contributed by atoms with Gasteiger partial charge in [-0.05, 0) is 36.8 Å². The van der Waals surface area contributed by atoms with Gasteiger partial charge < -0.3 is 35.3 Å². The number of benzene rings is 2. The summed E-state index contributed by atoms with van der Waals surface area (Å²) in [6, 6.07) is 10.6. The lowest BCUT2D eigenvalue weighted by molar-refractivity contribution is -0.142. The summed E-state index contributed by atoms with van der Waals surface area (Å²) in [7, 11) is 1.56. The molecule has 2 aromatic rings. The SMILES string of the molecule is COCCNC(=O)C[C@@H]1C[C@H]2c3cc(NC(=O)Nc4ccccc4F)ccc3O[C@H]2[C@H](CO)O1. The standard InChI is InChI=1S/C24H28FN3O6/c1-32-9-8-26-22(30)12-15-11-17-16-10-14(6-7-20(16)34-23(17)21(13-29)33-15)27-24(31)28-19-5-3-2-4-18(19)25/h2-7,10,15,17,21,23,29H,8-9,11-13H2,1H3,(H,26,30)(H2,27,28,31)/t15-,17-,21-,23+/m0/s1. The summed E-state index contributed by atoms with van der Waals surface area (Å²) in [6.07, 6.45) is -0.686. The number of carbonyl (C=O) groups is 2. The molecule has 1 fully saturated rings. The lowest BCUT2D eigenvalue weighted by Crippen LogP contribution is -2.47. The van der Waals surface area contributed by atoms with Gasteiger partial charge in [0.25, 0.3) is 0 Å². The highest BCUT2D eigenvalue weighted by molar-refractivity contribution is 5.99. The molecule has 0 radical (unpaired) electrons. The molecule has 0 aliphatic carbocycles. The van der Waals surface area contributed by atoms with E-state index in [1.807, 2.05) is 0 Å². The van der Waals surface area contributed by atoms with Crippen LogP contribution in [0.2, 0.25) is 0 Å². The Bertz CT molecular complexity index is 1040. The maximum Gasteiger partial charge on any atom is 0.323 e. The first kappa shape index (κ1) is 23.9. The number of aliphatic hydroxyl groups excluding tert-OH is 1. The molecule has 2 aliphatic heterocycles. The molecule has 34 heavy (non-hydrogen) atoms. The summed E-state index contributed by atoms with van der Waals surface area (Å²) in [5, 5.41) is 17.8. The number of ether oxygens (including phenoxy) is 3. The molecule has 0 unspecified atom stereocenters. The third-order valence-corrected chi connectivity index (χ3v) is 5.92. The number of anilines is 2. The first-order valence-corrected chi connectivity index (χ1v) is 11.1. The van der Waals surface area contributed by atoms with Gasteiger partial charge in [-0.2, -0.15) is 0 Å². The molecule has 0 bridgehead atoms. The minimum Gasteiger partial charge on any atom is -0.487 e. The number of halogens is 1. The molecule has 4 N–H and O–H groups in total. The number of hydrogen-bond acceptors (Lipinski definition) is 6. The van der Waals surface area contributed by atoms with Crippen LogP contribution in [0.5, 0.6) is 5.75 Å². The maximum atomic E-state index is 13.8. The van der Waals surface area contributed by atoms with Crippen LogP contribution in [0.25, 0.3) is 0 Å². The number of fused-ring (bicyclic) bond motifs is 3. The minimum absolute atomic E-state index is 0.0754. The van der Waals surface area contributed by atoms with Crippen LogP contribution in [-0.2, 0) is 14.3 Å². The van der Waals surface area contributed by atoms with Crippen LogP contribution in [0, 0.1) is 5.82 Å². The van der Waals surface area contributed by atoms with Gasteiger partial charge in [-0.25, -0.2) is 9.18 Å². The Labute approximate surface area is 196 Å². The number of carbonyl (C=O) groups excluding carboxylic acids is 2. The van der Waals surface area contributed by atoms with Crippen molar-refractivity contribution in [1.82, 2.24) is 5.32 Å². The monoisotopic (exact) mass is 473 g/mol. The number of rotatable bonds is 8. The highest BCUT2D eigenvalue weighted by atomic mass is 19.1. The number of amides is 3. The molecule has 0 aromatic heterocycles. The summed E-state index contributed by atoms with van der Waals surface area (Å²) in [4.78, 5) is 24.6. The fourth-order valence-electron chi connectivity index (χ4n) is 4.39. The van der Waals surface area contributed by atoms with Crippen molar-refractivity contribution in [2.24, 2.45) is 0 Å². The Morgan fingerprint density at radius 1 is 1.21 bits per heavy atom. The largest absolute Gasteiger partial charge is 0.487 e. The third kappa shape index (κ3) is 5.46. The molecule has 4 atom stereocenters. The van der Waals surface area contributed by atoms with Gasteiger partial charge >= 0.3 is 6.03 Å². The molecular weight excluding hydrogens is 445 g/mol. The molecule has 3 amide bonds. The van der Waals surface area contributed by atoms with E-state index in [9.17, 15) is 19.1 Å². The molecule has 2 aliphatic rings. The van der Waals surface area contributed by atoms with E-state index in [0.717, 1.165) is 5.56 Å². The van der Waals surface area contributed by atoms with Gasteiger partial charge in [0.05, 0.1) is 31.4 Å². The Morgan fingerprint density at radius 2 is 2.03 bits per heavy atom. The van der Waals surface area contributed by atoms with Gasteiger partial charge in [0.1, 0.15) is 23.8 Å². The average Bonchev–Trinajstić information content (AvgIpc) is 3.18. The van der Waals surface area contributed by atoms with E-state index in [2.05, 4.69) is 16.0 Å². The third-order valence-electron chi connectivity index (χ3n) is 5.92. The zero-order chi connectivity index (χ0) is 24.1. The number of methoxy groups -OCH3 is 1. The molecule has 1 saturated heterocycles. The van der Waals surface area contributed by atoms with Crippen molar-refractivity contribution in [3.8, 4) is 5.75 Å². The van der Waals surface area contributed by atoms with Crippen LogP contribution in [0.15, 0.2) is 42.5 Å². The van der Waals surface area contributed by atoms with Crippen molar-refractivity contribution >= 4 is 23.3 Å². The molecule has 0 saturated carbocycles. The van der Waals surface area contributed by atoms with Gasteiger partial charge in [0.15, 0.2) is 0 Å². The molecular formula is C24H28FN3O6. The fraction of sp³-hybridized carbons (Fsp3) is 0.417. The Kier molecular flexibility index (Phi) is 7.61. The van der Waals surface area contributed by atoms with E-state index in [0.29, 0.717) is 31.0 Å². The zero-order valence-electron chi connectivity index (χ0n) is 18.8. The number of urea groups is 1. The number of para-hydroxylation sites is 1. The second kappa shape index (κ2) is 10.8. The normalized spacial score (nSPS) is 22.8. The summed E-state index contributed by atoms with van der Waals surface area (Å²) < 4.78 is 30.7. The van der Waals surface area contributed by atoms with Crippen molar-refractivity contribution in [3.05, 3.63) is 53.8 Å². The predicted molar refractivity (Wildman–Crippen MR) is 123 cm³/mol. The number of hydrogen-bond donors (Lipinski definition) is 4. The Balaban J connectivity index is 1.44. The molecule has 4 rings (SSSR count). The first-order valence-electron chi connectivity index (χ1n) is 11.1. The molecule has 2 heterocycles. The highest BCUT2D eigenvalue weighted by Gasteiger charge is 2.46. The number of nitrogens with one attached hydrogen (secondary N) is 3. The zero-order valence-corrected chi connectivity index (χ0v) is 18.8. The van der Waals surface area contributed by atoms with E-state index >= 15 is 0 Å². The first-order chi connectivity index (χ1) is 16.5. The lowest BCUT2D eigenvalue weighted by Gasteiger charge is -2.37. The van der Waals surface area contributed by atoms with Crippen molar-refractivity contribution in [2.75, 3.05) is 37.5 Å². The van der Waals surface area contributed by atoms with Gasteiger partial charge in [0.2, 0.25) is 5.91 Å². The van der Waals surface area contributed by atoms with Gasteiger partial charge in [-0.15, -0.1) is 0 Å². The molecule has 2 aromatic carbocycles. The van der Waals surface area contributed by atoms with Crippen LogP contribution in [-0.4, -0.2) is 62.2 Å². The van der Waals surface area contributed by atoms with E-state index in [1.165, 1.54) is 12.1 Å². The van der Waals surface area contributed by atoms with Crippen molar-refractivity contribution in [1.29, 1.82) is 0 Å². The summed E-state index contributed by atoms with van der Waals surface area (Å²) >= 11 is 0. The van der Waals surface area contributed by atoms with Crippen molar-refractivity contribution in [2.45, 2.75) is 37.1 Å². The van der Waals surface area contributed by atoms with Crippen molar-refractivity contribution < 1.29 is 33.3 Å². The smallest absolute Gasteiger partial charge is 0.323 e. The molecule has 182 valence electrons. The van der Waals surface area contributed by atoms with Crippen LogP contribution >= 0.6 is 0 Å². The van der Waals surface area contributed by atoms with Crippen LogP contribution in [0.3, 0.4) is 0 Å². The quantitative estimate of drug-likeness (QED) is 0.438. The van der Waals surface area contributed by atoms with E-state index < -0.39 is 30.2 Å². The Hall–Kier alpha value is -3.21. The average molecular weight is 474 g/mol. The van der Waals surface area contributed by atoms with Crippen molar-refractivity contribution in [3.63, 3.8) is 0 Å². The summed E-state index contributed by atoms with van der Waals surface area (Å²) in [5.74, 6) is -0.162. The fourth-order valence-corrected chi connectivity index (χ4v) is 4.39. The Morgan fingerprint density at radius 3 is 2.79 bits per heavy atom. The maximum absolute atomic E-state index is 13.8. The summed E-state index contributed by atoms with van der Waals surface area (Å²) in [5.41, 5.74) is 1.45. The van der Waals surface area contributed by atoms with Crippen LogP contribution in [0.4, 0.5) is 20.6 Å². The predicted octanol–water partition coefficient (Wildman–Crippen LogP) is 2.62. The van der Waals surface area contributed by atoms with E-state index in [4.69, 9.17) is 14.2 Å². The van der Waals surface area contributed by atoms with Gasteiger partial charge in [-0.1, -0.05) is 12.1 Å².